The molecule has 4 fully saturated rings. The van der Waals surface area contributed by atoms with Crippen LogP contribution in [-0.2, 0) is 22.8 Å². The van der Waals surface area contributed by atoms with Crippen molar-refractivity contribution in [3.8, 4) is 0 Å². The van der Waals surface area contributed by atoms with Gasteiger partial charge in [-0.05, 0) is 67.5 Å². The predicted molar refractivity (Wildman–Crippen MR) is 179 cm³/mol. The lowest BCUT2D eigenvalue weighted by atomic mass is 9.71. The molecule has 3 aromatic rings. The van der Waals surface area contributed by atoms with Crippen molar-refractivity contribution in [2.75, 3.05) is 25.9 Å². The number of aromatic nitrogens is 2. The van der Waals surface area contributed by atoms with Gasteiger partial charge in [0.1, 0.15) is 5.82 Å². The number of carbonyl (C=O) groups is 1. The predicted octanol–water partition coefficient (Wildman–Crippen LogP) is 8.49. The van der Waals surface area contributed by atoms with Gasteiger partial charge < -0.3 is 13.6 Å². The molecule has 2 unspecified atom stereocenters. The van der Waals surface area contributed by atoms with Crippen molar-refractivity contribution in [2.24, 2.45) is 11.8 Å². The molecule has 0 amide bonds. The topological polar surface area (TPSA) is 92.1 Å². The Balaban J connectivity index is 0.000000874. The molecule has 49 heavy (non-hydrogen) atoms. The molecule has 1 aromatic heterocycles. The summed E-state index contributed by atoms with van der Waals surface area (Å²) in [6.45, 7) is 3.83. The molecule has 4 aliphatic rings. The number of alkyl halides is 3. The number of benzene rings is 2. The molecule has 0 radical (unpaired) electrons. The zero-order chi connectivity index (χ0) is 35.6. The van der Waals surface area contributed by atoms with E-state index in [9.17, 15) is 22.4 Å². The summed E-state index contributed by atoms with van der Waals surface area (Å²) >= 11 is 12.7. The zero-order valence-corrected chi connectivity index (χ0v) is 29.6. The fraction of sp³-hybridized carbons (Fsp3) is 0.543. The van der Waals surface area contributed by atoms with Crippen molar-refractivity contribution in [1.82, 2.24) is 9.55 Å². The number of quaternary nitrogens is 1. The molecular weight excluding hydrogens is 705 g/mol. The van der Waals surface area contributed by atoms with Crippen LogP contribution in [0.25, 0.3) is 0 Å². The third-order valence-corrected chi connectivity index (χ3v) is 11.4. The van der Waals surface area contributed by atoms with Crippen LogP contribution >= 0.6 is 23.2 Å². The lowest BCUT2D eigenvalue weighted by Gasteiger charge is -2.57. The number of nitrogens with zero attached hydrogens (tertiary/aromatic N) is 3. The minimum Gasteiger partial charge on any atom is -0.748 e. The van der Waals surface area contributed by atoms with Crippen molar-refractivity contribution in [3.05, 3.63) is 87.2 Å². The number of fused-ring (bicyclic) bond motifs is 3. The van der Waals surface area contributed by atoms with E-state index in [-0.39, 0.29) is 17.3 Å². The first kappa shape index (κ1) is 37.7. The fourth-order valence-electron chi connectivity index (χ4n) is 8.27. The molecule has 2 bridgehead atoms. The maximum atomic E-state index is 13.9. The number of carbonyl (C=O) groups excluding carboxylic acids is 1. The normalized spacial score (nSPS) is 23.5. The molecule has 268 valence electrons. The Morgan fingerprint density at radius 3 is 2.35 bits per heavy atom. The highest BCUT2D eigenvalue weighted by atomic mass is 35.5. The third kappa shape index (κ3) is 9.44. The molecule has 3 saturated heterocycles. The first-order valence-electron chi connectivity index (χ1n) is 16.7. The number of rotatable bonds is 9. The second kappa shape index (κ2) is 15.4. The van der Waals surface area contributed by atoms with Gasteiger partial charge >= 0.3 is 6.18 Å². The van der Waals surface area contributed by atoms with E-state index in [0.29, 0.717) is 41.0 Å². The molecule has 0 spiro atoms. The van der Waals surface area contributed by atoms with Crippen LogP contribution in [0, 0.1) is 17.7 Å². The lowest BCUT2D eigenvalue weighted by molar-refractivity contribution is -0.970. The number of imidazole rings is 1. The standard InChI is InChI=1S/C34H38Cl2F4N3O.CH4O3S/c35-28-8-6-24(20-29(28)36)26(12-17-43-15-10-22(11-16-43)18-31(43)23-4-2-1-3-5-23)21-42-14-13-41-33(42)32(44)25-7-9-30(37)27(19-25)34(38,39)40;1-5(2,3)4/h6-9,13-14,19-20,22-23,26,31H,1-5,10-12,15-18,21H2;1H3,(H,2,3,4)/q+1;/p-1. The SMILES string of the molecule is CS(=O)(=O)[O-].O=C(c1ccc(F)c(C(F)(F)F)c1)c1nccn1CC(CC[N+]12CCC(CC1)CC2C1CCCCC1)c1ccc(Cl)c(Cl)c1. The molecule has 1 aliphatic carbocycles. The maximum Gasteiger partial charge on any atom is 0.419 e. The van der Waals surface area contributed by atoms with Crippen LogP contribution in [0.5, 0.6) is 0 Å². The number of halogens is 6. The molecule has 4 heterocycles. The average Bonchev–Trinajstić information content (AvgIpc) is 3.52. The molecule has 7 rings (SSSR count). The quantitative estimate of drug-likeness (QED) is 0.0949. The third-order valence-electron chi connectivity index (χ3n) is 10.6. The van der Waals surface area contributed by atoms with Gasteiger partial charge in [0.2, 0.25) is 5.78 Å². The van der Waals surface area contributed by atoms with Gasteiger partial charge in [-0.15, -0.1) is 0 Å². The Morgan fingerprint density at radius 2 is 1.71 bits per heavy atom. The summed E-state index contributed by atoms with van der Waals surface area (Å²) in [4.78, 5) is 17.7. The second-order valence-electron chi connectivity index (χ2n) is 13.8. The van der Waals surface area contributed by atoms with E-state index in [2.05, 4.69) is 4.98 Å². The number of ketones is 1. The molecule has 0 N–H and O–H groups in total. The number of hydrogen-bond acceptors (Lipinski definition) is 5. The smallest absolute Gasteiger partial charge is 0.419 e. The molecule has 3 aliphatic heterocycles. The van der Waals surface area contributed by atoms with Gasteiger partial charge in [0, 0.05) is 55.4 Å². The summed E-state index contributed by atoms with van der Waals surface area (Å²) in [6, 6.07) is 8.65. The van der Waals surface area contributed by atoms with Crippen LogP contribution in [-0.4, -0.2) is 64.7 Å². The van der Waals surface area contributed by atoms with E-state index in [1.165, 1.54) is 70.7 Å². The van der Waals surface area contributed by atoms with E-state index in [0.717, 1.165) is 40.9 Å². The highest BCUT2D eigenvalue weighted by molar-refractivity contribution is 7.84. The second-order valence-corrected chi connectivity index (χ2v) is 16.0. The minimum atomic E-state index is -4.92. The van der Waals surface area contributed by atoms with E-state index >= 15 is 0 Å². The Bertz CT molecular complexity index is 1730. The summed E-state index contributed by atoms with van der Waals surface area (Å²) in [7, 11) is -3.92. The van der Waals surface area contributed by atoms with Gasteiger partial charge in [-0.3, -0.25) is 4.79 Å². The first-order valence-corrected chi connectivity index (χ1v) is 19.3. The summed E-state index contributed by atoms with van der Waals surface area (Å²) in [5.74, 6) is -0.505. The summed E-state index contributed by atoms with van der Waals surface area (Å²) in [6.07, 6.45) is 10.2. The minimum absolute atomic E-state index is 0.0145. The summed E-state index contributed by atoms with van der Waals surface area (Å²) < 4.78 is 84.2. The monoisotopic (exact) mass is 745 g/mol. The maximum absolute atomic E-state index is 13.9. The van der Waals surface area contributed by atoms with Gasteiger partial charge in [0.05, 0.1) is 51.4 Å². The summed E-state index contributed by atoms with van der Waals surface area (Å²) in [5, 5.41) is 0.912. The molecule has 2 aromatic carbocycles. The van der Waals surface area contributed by atoms with E-state index in [4.69, 9.17) is 36.2 Å². The van der Waals surface area contributed by atoms with Crippen LogP contribution in [0.3, 0.4) is 0 Å². The van der Waals surface area contributed by atoms with E-state index < -0.39 is 33.5 Å². The Kier molecular flexibility index (Phi) is 11.9. The molecule has 1 saturated carbocycles. The molecule has 7 nitrogen and oxygen atoms in total. The highest BCUT2D eigenvalue weighted by Gasteiger charge is 2.50. The van der Waals surface area contributed by atoms with E-state index in [1.54, 1.807) is 16.8 Å². The van der Waals surface area contributed by atoms with Crippen LogP contribution in [0.4, 0.5) is 17.6 Å². The molecule has 14 heteroatoms. The average molecular weight is 747 g/mol. The van der Waals surface area contributed by atoms with Gasteiger partial charge in [-0.2, -0.15) is 13.2 Å². The molecular formula is C35H41Cl2F4N3O4S. The van der Waals surface area contributed by atoms with Crippen molar-refractivity contribution >= 4 is 39.1 Å². The number of hydrogen-bond donors (Lipinski definition) is 0. The lowest BCUT2D eigenvalue weighted by Crippen LogP contribution is -2.66. The van der Waals surface area contributed by atoms with Crippen LogP contribution in [0.15, 0.2) is 48.8 Å². The summed E-state index contributed by atoms with van der Waals surface area (Å²) in [5.41, 5.74) is -0.740. The largest absolute Gasteiger partial charge is 0.748 e. The zero-order valence-electron chi connectivity index (χ0n) is 27.3. The Hall–Kier alpha value is -2.51. The van der Waals surface area contributed by atoms with Crippen LogP contribution < -0.4 is 0 Å². The van der Waals surface area contributed by atoms with Gasteiger partial charge in [0.15, 0.2) is 5.82 Å². The fourth-order valence-corrected chi connectivity index (χ4v) is 8.58. The van der Waals surface area contributed by atoms with Crippen molar-refractivity contribution in [2.45, 2.75) is 82.5 Å². The Morgan fingerprint density at radius 1 is 1.04 bits per heavy atom. The van der Waals surface area contributed by atoms with E-state index in [1.807, 2.05) is 12.1 Å². The van der Waals surface area contributed by atoms with Gasteiger partial charge in [-0.25, -0.2) is 17.8 Å². The van der Waals surface area contributed by atoms with Crippen molar-refractivity contribution in [1.29, 1.82) is 0 Å². The molecule has 2 atom stereocenters. The van der Waals surface area contributed by atoms with Crippen LogP contribution in [0.2, 0.25) is 10.0 Å². The first-order chi connectivity index (χ1) is 23.0. The van der Waals surface area contributed by atoms with Gasteiger partial charge in [0.25, 0.3) is 0 Å². The van der Waals surface area contributed by atoms with Crippen molar-refractivity contribution in [3.63, 3.8) is 0 Å². The van der Waals surface area contributed by atoms with Crippen LogP contribution in [0.1, 0.15) is 91.0 Å². The highest BCUT2D eigenvalue weighted by Crippen LogP contribution is 2.46. The number of piperidine rings is 3. The Labute approximate surface area is 295 Å². The van der Waals surface area contributed by atoms with Gasteiger partial charge in [-0.1, -0.05) is 48.5 Å². The van der Waals surface area contributed by atoms with Crippen molar-refractivity contribution < 1.29 is 39.8 Å².